The summed E-state index contributed by atoms with van der Waals surface area (Å²) >= 11 is 1.57. The van der Waals surface area contributed by atoms with Crippen molar-refractivity contribution in [2.75, 3.05) is 26.1 Å². The minimum Gasteiger partial charge on any atom is -0.497 e. The standard InChI is InChI=1S/C23H23N3O3S/c1-28-13-20-25-22(24-12-19(27)16-8-10-17(29-2)11-9-16)21-18(14-30-23(21)26-20)15-6-4-3-5-7-15/h3-11,14,19,27H,12-13H2,1-2H3,(H,24,25,26)/t19-/m1/s1. The first-order valence-corrected chi connectivity index (χ1v) is 10.5. The van der Waals surface area contributed by atoms with E-state index in [9.17, 15) is 5.11 Å². The summed E-state index contributed by atoms with van der Waals surface area (Å²) in [5, 5.41) is 17.0. The van der Waals surface area contributed by atoms with E-state index in [2.05, 4.69) is 32.8 Å². The van der Waals surface area contributed by atoms with Crippen molar-refractivity contribution in [2.24, 2.45) is 0 Å². The number of aliphatic hydroxyl groups is 1. The summed E-state index contributed by atoms with van der Waals surface area (Å²) in [5.41, 5.74) is 2.98. The third-order valence-corrected chi connectivity index (χ3v) is 5.67. The number of anilines is 1. The Hall–Kier alpha value is -3.00. The van der Waals surface area contributed by atoms with Gasteiger partial charge in [0.15, 0.2) is 5.82 Å². The summed E-state index contributed by atoms with van der Waals surface area (Å²) in [6.07, 6.45) is -0.689. The highest BCUT2D eigenvalue weighted by atomic mass is 32.1. The predicted molar refractivity (Wildman–Crippen MR) is 120 cm³/mol. The molecule has 7 heteroatoms. The van der Waals surface area contributed by atoms with Crippen LogP contribution in [0.2, 0.25) is 0 Å². The van der Waals surface area contributed by atoms with Gasteiger partial charge in [0, 0.05) is 24.6 Å². The zero-order valence-electron chi connectivity index (χ0n) is 16.8. The summed E-state index contributed by atoms with van der Waals surface area (Å²) in [4.78, 5) is 10.2. The molecule has 154 valence electrons. The molecule has 0 bridgehead atoms. The van der Waals surface area contributed by atoms with E-state index >= 15 is 0 Å². The number of methoxy groups -OCH3 is 2. The molecule has 2 aromatic heterocycles. The number of nitrogens with one attached hydrogen (secondary N) is 1. The lowest BCUT2D eigenvalue weighted by Crippen LogP contribution is -2.14. The molecule has 2 heterocycles. The normalized spacial score (nSPS) is 12.1. The second kappa shape index (κ2) is 9.21. The number of rotatable bonds is 8. The summed E-state index contributed by atoms with van der Waals surface area (Å²) in [7, 11) is 3.24. The molecule has 2 N–H and O–H groups in total. The first-order chi connectivity index (χ1) is 14.7. The SMILES string of the molecule is COCc1nc(NC[C@@H](O)c2ccc(OC)cc2)c2c(-c3ccccc3)csc2n1. The molecule has 1 atom stereocenters. The van der Waals surface area contributed by atoms with Gasteiger partial charge in [-0.15, -0.1) is 11.3 Å². The van der Waals surface area contributed by atoms with E-state index in [0.717, 1.165) is 32.7 Å². The van der Waals surface area contributed by atoms with Gasteiger partial charge in [-0.25, -0.2) is 9.97 Å². The molecule has 0 radical (unpaired) electrons. The Balaban J connectivity index is 1.66. The predicted octanol–water partition coefficient (Wildman–Crippen LogP) is 4.66. The Morgan fingerprint density at radius 3 is 2.50 bits per heavy atom. The fourth-order valence-corrected chi connectivity index (χ4v) is 4.24. The van der Waals surface area contributed by atoms with Crippen molar-refractivity contribution < 1.29 is 14.6 Å². The third kappa shape index (κ3) is 4.28. The van der Waals surface area contributed by atoms with Gasteiger partial charge in [0.25, 0.3) is 0 Å². The molecule has 0 saturated carbocycles. The van der Waals surface area contributed by atoms with Crippen LogP contribution in [0.15, 0.2) is 60.0 Å². The van der Waals surface area contributed by atoms with E-state index in [-0.39, 0.29) is 0 Å². The van der Waals surface area contributed by atoms with Crippen molar-refractivity contribution in [1.29, 1.82) is 0 Å². The Bertz CT molecular complexity index is 1110. The number of nitrogens with zero attached hydrogens (tertiary/aromatic N) is 2. The Kier molecular flexibility index (Phi) is 6.23. The van der Waals surface area contributed by atoms with Crippen molar-refractivity contribution in [3.8, 4) is 16.9 Å². The van der Waals surface area contributed by atoms with Crippen molar-refractivity contribution in [1.82, 2.24) is 9.97 Å². The van der Waals surface area contributed by atoms with Crippen LogP contribution in [0.3, 0.4) is 0 Å². The monoisotopic (exact) mass is 421 g/mol. The van der Waals surface area contributed by atoms with Gasteiger partial charge in [0.05, 0.1) is 18.6 Å². The fraction of sp³-hybridized carbons (Fsp3) is 0.217. The lowest BCUT2D eigenvalue weighted by atomic mass is 10.1. The van der Waals surface area contributed by atoms with Crippen molar-refractivity contribution in [3.63, 3.8) is 0 Å². The number of aromatic nitrogens is 2. The average molecular weight is 422 g/mol. The second-order valence-corrected chi connectivity index (χ2v) is 7.64. The zero-order chi connectivity index (χ0) is 20.9. The molecule has 0 unspecified atom stereocenters. The largest absolute Gasteiger partial charge is 0.497 e. The average Bonchev–Trinajstić information content (AvgIpc) is 3.22. The molecule has 0 spiro atoms. The molecular formula is C23H23N3O3S. The maximum Gasteiger partial charge on any atom is 0.158 e. The van der Waals surface area contributed by atoms with Crippen molar-refractivity contribution in [3.05, 3.63) is 71.4 Å². The zero-order valence-corrected chi connectivity index (χ0v) is 17.6. The molecule has 0 aliphatic rings. The molecule has 30 heavy (non-hydrogen) atoms. The quantitative estimate of drug-likeness (QED) is 0.431. The first kappa shape index (κ1) is 20.3. The molecule has 0 aliphatic heterocycles. The van der Waals surface area contributed by atoms with Gasteiger partial charge in [-0.2, -0.15) is 0 Å². The fourth-order valence-electron chi connectivity index (χ4n) is 3.27. The third-order valence-electron chi connectivity index (χ3n) is 4.80. The van der Waals surface area contributed by atoms with E-state index in [4.69, 9.17) is 9.47 Å². The molecule has 4 rings (SSSR count). The minimum atomic E-state index is -0.689. The topological polar surface area (TPSA) is 76.5 Å². The molecular weight excluding hydrogens is 398 g/mol. The van der Waals surface area contributed by atoms with Crippen LogP contribution in [0, 0.1) is 0 Å². The summed E-state index contributed by atoms with van der Waals surface area (Å²) in [6, 6.07) is 17.6. The number of hydrogen-bond acceptors (Lipinski definition) is 7. The van der Waals surface area contributed by atoms with E-state index in [0.29, 0.717) is 24.8 Å². The van der Waals surface area contributed by atoms with E-state index in [1.807, 2.05) is 42.5 Å². The molecule has 0 aliphatic carbocycles. The maximum absolute atomic E-state index is 10.7. The van der Waals surface area contributed by atoms with Gasteiger partial charge in [-0.05, 0) is 23.3 Å². The highest BCUT2D eigenvalue weighted by Crippen LogP contribution is 2.37. The van der Waals surface area contributed by atoms with Crippen molar-refractivity contribution >= 4 is 27.4 Å². The molecule has 4 aromatic rings. The van der Waals surface area contributed by atoms with Gasteiger partial charge in [0.1, 0.15) is 23.0 Å². The number of hydrogen-bond donors (Lipinski definition) is 2. The number of thiophene rings is 1. The van der Waals surface area contributed by atoms with Crippen LogP contribution in [0.5, 0.6) is 5.75 Å². The van der Waals surface area contributed by atoms with Crippen LogP contribution >= 0.6 is 11.3 Å². The van der Waals surface area contributed by atoms with Crippen LogP contribution in [0.1, 0.15) is 17.5 Å². The van der Waals surface area contributed by atoms with Gasteiger partial charge >= 0.3 is 0 Å². The second-order valence-electron chi connectivity index (χ2n) is 6.79. The highest BCUT2D eigenvalue weighted by molar-refractivity contribution is 7.17. The minimum absolute atomic E-state index is 0.314. The van der Waals surface area contributed by atoms with Crippen LogP contribution < -0.4 is 10.1 Å². The van der Waals surface area contributed by atoms with Crippen LogP contribution in [-0.2, 0) is 11.3 Å². The van der Waals surface area contributed by atoms with Gasteiger partial charge < -0.3 is 19.9 Å². The van der Waals surface area contributed by atoms with E-state index < -0.39 is 6.10 Å². The Labute approximate surface area is 179 Å². The van der Waals surface area contributed by atoms with E-state index in [1.54, 1.807) is 25.6 Å². The maximum atomic E-state index is 10.7. The van der Waals surface area contributed by atoms with Crippen LogP contribution in [0.25, 0.3) is 21.3 Å². The van der Waals surface area contributed by atoms with Gasteiger partial charge in [-0.3, -0.25) is 0 Å². The lowest BCUT2D eigenvalue weighted by Gasteiger charge is -2.15. The number of fused-ring (bicyclic) bond motifs is 1. The van der Waals surface area contributed by atoms with Gasteiger partial charge in [-0.1, -0.05) is 42.5 Å². The Morgan fingerprint density at radius 1 is 1.03 bits per heavy atom. The first-order valence-electron chi connectivity index (χ1n) is 9.58. The summed E-state index contributed by atoms with van der Waals surface area (Å²) < 4.78 is 10.4. The van der Waals surface area contributed by atoms with Crippen molar-refractivity contribution in [2.45, 2.75) is 12.7 Å². The smallest absolute Gasteiger partial charge is 0.158 e. The number of ether oxygens (including phenoxy) is 2. The van der Waals surface area contributed by atoms with Crippen LogP contribution in [-0.4, -0.2) is 35.8 Å². The summed E-state index contributed by atoms with van der Waals surface area (Å²) in [6.45, 7) is 0.638. The number of benzene rings is 2. The highest BCUT2D eigenvalue weighted by Gasteiger charge is 2.17. The molecule has 0 fully saturated rings. The molecule has 0 amide bonds. The lowest BCUT2D eigenvalue weighted by molar-refractivity contribution is 0.178. The summed E-state index contributed by atoms with van der Waals surface area (Å²) in [5.74, 6) is 2.05. The van der Waals surface area contributed by atoms with Crippen LogP contribution in [0.4, 0.5) is 5.82 Å². The molecule has 6 nitrogen and oxygen atoms in total. The Morgan fingerprint density at radius 2 is 1.80 bits per heavy atom. The van der Waals surface area contributed by atoms with E-state index in [1.165, 1.54) is 0 Å². The molecule has 0 saturated heterocycles. The van der Waals surface area contributed by atoms with Gasteiger partial charge in [0.2, 0.25) is 0 Å². The number of aliphatic hydroxyl groups excluding tert-OH is 1. The molecule has 2 aromatic carbocycles.